The van der Waals surface area contributed by atoms with Crippen molar-refractivity contribution in [3.05, 3.63) is 0 Å². The van der Waals surface area contributed by atoms with Gasteiger partial charge >= 0.3 is 12.3 Å². The standard InChI is InChI=1S/C11H18F3NO3/c1-10(2,3)18-9(16)15-7(4-8-6-17-8)5-11(12,13)14/h7-8H,4-6H2,1-3H3,(H,15,16). The van der Waals surface area contributed by atoms with Crippen molar-refractivity contribution in [2.75, 3.05) is 6.61 Å². The molecule has 0 spiro atoms. The van der Waals surface area contributed by atoms with Crippen LogP contribution >= 0.6 is 0 Å². The summed E-state index contributed by atoms with van der Waals surface area (Å²) in [5.41, 5.74) is -0.733. The number of rotatable bonds is 4. The number of carbonyl (C=O) groups is 1. The predicted octanol–water partition coefficient (Wildman–Crippen LogP) is 2.62. The summed E-state index contributed by atoms with van der Waals surface area (Å²) >= 11 is 0. The molecule has 1 N–H and O–H groups in total. The SMILES string of the molecule is CC(C)(C)OC(=O)NC(CC1CO1)CC(F)(F)F. The minimum atomic E-state index is -4.32. The van der Waals surface area contributed by atoms with Gasteiger partial charge in [-0.1, -0.05) is 0 Å². The van der Waals surface area contributed by atoms with Crippen molar-refractivity contribution in [1.29, 1.82) is 0 Å². The second-order valence-corrected chi connectivity index (χ2v) is 5.35. The maximum atomic E-state index is 12.3. The average Bonchev–Trinajstić information content (AvgIpc) is 2.79. The highest BCUT2D eigenvalue weighted by Gasteiger charge is 2.37. The van der Waals surface area contributed by atoms with Crippen LogP contribution in [-0.4, -0.2) is 36.6 Å². The van der Waals surface area contributed by atoms with Gasteiger partial charge in [-0.05, 0) is 27.2 Å². The number of carbonyl (C=O) groups excluding carboxylic acids is 1. The van der Waals surface area contributed by atoms with Crippen molar-refractivity contribution in [1.82, 2.24) is 5.32 Å². The summed E-state index contributed by atoms with van der Waals surface area (Å²) in [6, 6.07) is -1.01. The zero-order chi connectivity index (χ0) is 14.0. The highest BCUT2D eigenvalue weighted by atomic mass is 19.4. The third-order valence-corrected chi connectivity index (χ3v) is 2.15. The lowest BCUT2D eigenvalue weighted by Gasteiger charge is -2.24. The molecular weight excluding hydrogens is 251 g/mol. The molecule has 4 nitrogen and oxygen atoms in total. The van der Waals surface area contributed by atoms with E-state index in [1.54, 1.807) is 20.8 Å². The zero-order valence-electron chi connectivity index (χ0n) is 10.6. The second-order valence-electron chi connectivity index (χ2n) is 5.35. The molecular formula is C11H18F3NO3. The smallest absolute Gasteiger partial charge is 0.407 e. The van der Waals surface area contributed by atoms with Crippen LogP contribution < -0.4 is 5.32 Å². The van der Waals surface area contributed by atoms with Gasteiger partial charge in [0.1, 0.15) is 5.60 Å². The molecule has 2 atom stereocenters. The van der Waals surface area contributed by atoms with Gasteiger partial charge in [0.05, 0.1) is 19.1 Å². The Labute approximate surface area is 104 Å². The largest absolute Gasteiger partial charge is 0.444 e. The van der Waals surface area contributed by atoms with Crippen LogP contribution in [0.5, 0.6) is 0 Å². The third-order valence-electron chi connectivity index (χ3n) is 2.15. The van der Waals surface area contributed by atoms with Crippen molar-refractivity contribution < 1.29 is 27.4 Å². The van der Waals surface area contributed by atoms with E-state index in [4.69, 9.17) is 9.47 Å². The van der Waals surface area contributed by atoms with Crippen molar-refractivity contribution in [2.45, 2.75) is 57.5 Å². The van der Waals surface area contributed by atoms with E-state index in [2.05, 4.69) is 5.32 Å². The molecule has 0 saturated carbocycles. The minimum Gasteiger partial charge on any atom is -0.444 e. The van der Waals surface area contributed by atoms with E-state index < -0.39 is 30.3 Å². The molecule has 7 heteroatoms. The Bertz CT molecular complexity index is 295. The zero-order valence-corrected chi connectivity index (χ0v) is 10.6. The van der Waals surface area contributed by atoms with Gasteiger partial charge in [-0.2, -0.15) is 13.2 Å². The van der Waals surface area contributed by atoms with E-state index in [-0.39, 0.29) is 12.5 Å². The topological polar surface area (TPSA) is 50.9 Å². The normalized spacial score (nSPS) is 21.3. The Hall–Kier alpha value is -0.980. The molecule has 0 aromatic rings. The molecule has 0 bridgehead atoms. The first-order chi connectivity index (χ1) is 8.05. The van der Waals surface area contributed by atoms with Gasteiger partial charge in [-0.3, -0.25) is 0 Å². The third kappa shape index (κ3) is 7.37. The molecule has 0 aromatic carbocycles. The van der Waals surface area contributed by atoms with E-state index in [9.17, 15) is 18.0 Å². The van der Waals surface area contributed by atoms with Gasteiger partial charge in [0.2, 0.25) is 0 Å². The Balaban J connectivity index is 2.46. The molecule has 1 saturated heterocycles. The Morgan fingerprint density at radius 2 is 2.00 bits per heavy atom. The lowest BCUT2D eigenvalue weighted by Crippen LogP contribution is -2.42. The molecule has 0 radical (unpaired) electrons. The van der Waals surface area contributed by atoms with Crippen LogP contribution in [0.3, 0.4) is 0 Å². The molecule has 0 aromatic heterocycles. The highest BCUT2D eigenvalue weighted by Crippen LogP contribution is 2.26. The summed E-state index contributed by atoms with van der Waals surface area (Å²) in [5.74, 6) is 0. The van der Waals surface area contributed by atoms with Gasteiger partial charge in [0.25, 0.3) is 0 Å². The number of hydrogen-bond acceptors (Lipinski definition) is 3. The van der Waals surface area contributed by atoms with Crippen molar-refractivity contribution in [3.8, 4) is 0 Å². The summed E-state index contributed by atoms with van der Waals surface area (Å²) in [6.07, 6.45) is -6.27. The molecule has 106 valence electrons. The highest BCUT2D eigenvalue weighted by molar-refractivity contribution is 5.68. The van der Waals surface area contributed by atoms with E-state index >= 15 is 0 Å². The van der Waals surface area contributed by atoms with E-state index in [1.807, 2.05) is 0 Å². The Kier molecular flexibility index (Phi) is 4.47. The fourth-order valence-electron chi connectivity index (χ4n) is 1.47. The molecule has 1 fully saturated rings. The van der Waals surface area contributed by atoms with E-state index in [0.29, 0.717) is 6.61 Å². The number of alkyl halides is 3. The Morgan fingerprint density at radius 1 is 1.44 bits per heavy atom. The summed E-state index contributed by atoms with van der Waals surface area (Å²) < 4.78 is 46.8. The van der Waals surface area contributed by atoms with Crippen LogP contribution in [0.2, 0.25) is 0 Å². The maximum Gasteiger partial charge on any atom is 0.407 e. The number of ether oxygens (including phenoxy) is 2. The van der Waals surface area contributed by atoms with Crippen molar-refractivity contribution in [3.63, 3.8) is 0 Å². The second kappa shape index (κ2) is 5.34. The van der Waals surface area contributed by atoms with Crippen LogP contribution in [0.25, 0.3) is 0 Å². The fourth-order valence-corrected chi connectivity index (χ4v) is 1.47. The van der Waals surface area contributed by atoms with Gasteiger partial charge in [-0.15, -0.1) is 0 Å². The number of epoxide rings is 1. The van der Waals surface area contributed by atoms with Crippen molar-refractivity contribution in [2.24, 2.45) is 0 Å². The van der Waals surface area contributed by atoms with Gasteiger partial charge in [0, 0.05) is 6.04 Å². The summed E-state index contributed by atoms with van der Waals surface area (Å²) in [5, 5.41) is 2.24. The fraction of sp³-hybridized carbons (Fsp3) is 0.909. The van der Waals surface area contributed by atoms with Crippen LogP contribution in [0.4, 0.5) is 18.0 Å². The molecule has 1 amide bonds. The minimum absolute atomic E-state index is 0.152. The number of nitrogens with one attached hydrogen (secondary N) is 1. The molecule has 1 aliphatic heterocycles. The number of halogens is 3. The molecule has 1 heterocycles. The number of alkyl carbamates (subject to hydrolysis) is 1. The lowest BCUT2D eigenvalue weighted by atomic mass is 10.1. The summed E-state index contributed by atoms with van der Waals surface area (Å²) in [7, 11) is 0. The molecule has 1 rings (SSSR count). The van der Waals surface area contributed by atoms with E-state index in [0.717, 1.165) is 0 Å². The monoisotopic (exact) mass is 269 g/mol. The van der Waals surface area contributed by atoms with Gasteiger partial charge in [-0.25, -0.2) is 4.79 Å². The first-order valence-corrected chi connectivity index (χ1v) is 5.73. The van der Waals surface area contributed by atoms with Crippen LogP contribution in [0.1, 0.15) is 33.6 Å². The molecule has 1 aliphatic rings. The molecule has 2 unspecified atom stereocenters. The van der Waals surface area contributed by atoms with Gasteiger partial charge in [0.15, 0.2) is 0 Å². The lowest BCUT2D eigenvalue weighted by molar-refractivity contribution is -0.140. The van der Waals surface area contributed by atoms with Crippen LogP contribution in [0.15, 0.2) is 0 Å². The Morgan fingerprint density at radius 3 is 2.39 bits per heavy atom. The predicted molar refractivity (Wildman–Crippen MR) is 58.2 cm³/mol. The van der Waals surface area contributed by atoms with Gasteiger partial charge < -0.3 is 14.8 Å². The summed E-state index contributed by atoms with van der Waals surface area (Å²) in [4.78, 5) is 11.4. The quantitative estimate of drug-likeness (QED) is 0.798. The average molecular weight is 269 g/mol. The molecule has 0 aliphatic carbocycles. The number of amides is 1. The van der Waals surface area contributed by atoms with E-state index in [1.165, 1.54) is 0 Å². The van der Waals surface area contributed by atoms with Crippen LogP contribution in [-0.2, 0) is 9.47 Å². The van der Waals surface area contributed by atoms with Crippen LogP contribution in [0, 0.1) is 0 Å². The maximum absolute atomic E-state index is 12.3. The number of hydrogen-bond donors (Lipinski definition) is 1. The summed E-state index contributed by atoms with van der Waals surface area (Å²) in [6.45, 7) is 5.39. The van der Waals surface area contributed by atoms with Crippen molar-refractivity contribution >= 4 is 6.09 Å². The first kappa shape index (κ1) is 15.1. The molecule has 18 heavy (non-hydrogen) atoms. The first-order valence-electron chi connectivity index (χ1n) is 5.73.